The molecule has 8 heteroatoms. The fourth-order valence-electron chi connectivity index (χ4n) is 3.65. The van der Waals surface area contributed by atoms with Crippen molar-refractivity contribution < 1.29 is 14.3 Å². The molecule has 3 rings (SSSR count). The highest BCUT2D eigenvalue weighted by atomic mass is 32.1. The Labute approximate surface area is 240 Å². The van der Waals surface area contributed by atoms with Gasteiger partial charge in [0, 0.05) is 29.7 Å². The van der Waals surface area contributed by atoms with Gasteiger partial charge in [-0.3, -0.25) is 9.59 Å². The third kappa shape index (κ3) is 15.4. The maximum absolute atomic E-state index is 12.6. The second kappa shape index (κ2) is 21.0. The first-order valence-corrected chi connectivity index (χ1v) is 15.1. The zero-order valence-electron chi connectivity index (χ0n) is 24.8. The Morgan fingerprint density at radius 3 is 2.41 bits per heavy atom. The standard InChI is InChI=1S/C23H36N4O3.C5H6S.C3H8/c1-4-9-20-23(29)24-13-8-11-18-10-6-7-12-21(18)30-16-17(3)25-14-19(5-2)26-15-22(28)27-20;1-5-3-2-4-6-5;1-3-2/h5-7,10,12,17,20,25-26H,4,8-9,11,13-16H2,1-3H3,(H,24,29)(H,27,28);2-4H,1H3;3H2,1-2H3/t17-,20?;;/m0../s1. The quantitative estimate of drug-likeness (QED) is 0.399. The van der Waals surface area contributed by atoms with E-state index in [9.17, 15) is 9.59 Å². The highest BCUT2D eigenvalue weighted by molar-refractivity contribution is 7.09. The zero-order chi connectivity index (χ0) is 28.9. The molecule has 2 aromatic rings. The Morgan fingerprint density at radius 2 is 1.79 bits per heavy atom. The number of allylic oxidation sites excluding steroid dienone is 1. The SMILES string of the molecule is CC=C1CN[C@@H](C)COc2ccccc2CCCNC(=O)C(CCC)NC(=O)CN1.CCC.Cc1cccs1. The molecule has 1 aliphatic rings. The summed E-state index contributed by atoms with van der Waals surface area (Å²) in [6.07, 6.45) is 6.24. The monoisotopic (exact) mass is 558 g/mol. The molecule has 1 aliphatic heterocycles. The lowest BCUT2D eigenvalue weighted by Crippen LogP contribution is -2.49. The molecule has 7 nitrogen and oxygen atoms in total. The van der Waals surface area contributed by atoms with Gasteiger partial charge in [0.25, 0.3) is 0 Å². The highest BCUT2D eigenvalue weighted by Gasteiger charge is 2.19. The summed E-state index contributed by atoms with van der Waals surface area (Å²) in [5.41, 5.74) is 2.06. The van der Waals surface area contributed by atoms with Gasteiger partial charge < -0.3 is 26.0 Å². The lowest BCUT2D eigenvalue weighted by molar-refractivity contribution is -0.128. The third-order valence-electron chi connectivity index (χ3n) is 5.74. The molecule has 2 amide bonds. The number of thiophene rings is 1. The molecule has 1 unspecified atom stereocenters. The lowest BCUT2D eigenvalue weighted by atomic mass is 10.1. The Kier molecular flexibility index (Phi) is 18.4. The van der Waals surface area contributed by atoms with E-state index in [1.165, 1.54) is 11.3 Å². The van der Waals surface area contributed by atoms with Gasteiger partial charge in [0.15, 0.2) is 0 Å². The summed E-state index contributed by atoms with van der Waals surface area (Å²) in [6.45, 7) is 14.2. The topological polar surface area (TPSA) is 91.5 Å². The van der Waals surface area contributed by atoms with Gasteiger partial charge in [-0.2, -0.15) is 0 Å². The van der Waals surface area contributed by atoms with Crippen LogP contribution in [0.3, 0.4) is 0 Å². The second-order valence-electron chi connectivity index (χ2n) is 9.60. The predicted octanol–water partition coefficient (Wildman–Crippen LogP) is 5.36. The van der Waals surface area contributed by atoms with Crippen LogP contribution in [0.4, 0.5) is 0 Å². The number of amides is 2. The van der Waals surface area contributed by atoms with Gasteiger partial charge in [-0.15, -0.1) is 11.3 Å². The van der Waals surface area contributed by atoms with Gasteiger partial charge in [-0.1, -0.05) is 64.0 Å². The summed E-state index contributed by atoms with van der Waals surface area (Å²) in [7, 11) is 0. The second-order valence-corrected chi connectivity index (χ2v) is 10.8. The Balaban J connectivity index is 0.000000718. The van der Waals surface area contributed by atoms with Gasteiger partial charge in [-0.25, -0.2) is 0 Å². The smallest absolute Gasteiger partial charge is 0.242 e. The summed E-state index contributed by atoms with van der Waals surface area (Å²) in [6, 6.07) is 11.8. The molecule has 218 valence electrons. The summed E-state index contributed by atoms with van der Waals surface area (Å²) < 4.78 is 6.05. The summed E-state index contributed by atoms with van der Waals surface area (Å²) >= 11 is 1.78. The van der Waals surface area contributed by atoms with Crippen molar-refractivity contribution in [3.8, 4) is 5.75 Å². The van der Waals surface area contributed by atoms with E-state index in [1.807, 2.05) is 38.1 Å². The van der Waals surface area contributed by atoms with Gasteiger partial charge in [0.05, 0.1) is 6.54 Å². The van der Waals surface area contributed by atoms with Gasteiger partial charge >= 0.3 is 0 Å². The van der Waals surface area contributed by atoms with E-state index in [1.54, 1.807) is 11.3 Å². The number of aryl methyl sites for hydroxylation is 2. The average Bonchev–Trinajstić information content (AvgIpc) is 3.41. The van der Waals surface area contributed by atoms with Gasteiger partial charge in [-0.05, 0) is 63.1 Å². The first kappa shape index (κ1) is 34.2. The predicted molar refractivity (Wildman–Crippen MR) is 164 cm³/mol. The van der Waals surface area contributed by atoms with Crippen molar-refractivity contribution in [1.29, 1.82) is 0 Å². The van der Waals surface area contributed by atoms with Crippen LogP contribution in [0.15, 0.2) is 53.6 Å². The molecule has 0 fully saturated rings. The molecule has 2 heterocycles. The number of fused-ring (bicyclic) bond motifs is 1. The fourth-order valence-corrected chi connectivity index (χ4v) is 4.18. The third-order valence-corrected chi connectivity index (χ3v) is 6.54. The van der Waals surface area contributed by atoms with Crippen molar-refractivity contribution >= 4 is 23.2 Å². The van der Waals surface area contributed by atoms with Gasteiger partial charge in [0.1, 0.15) is 18.4 Å². The maximum Gasteiger partial charge on any atom is 0.242 e. The number of para-hydroxylation sites is 1. The number of carbonyl (C=O) groups excluding carboxylic acids is 2. The van der Waals surface area contributed by atoms with E-state index in [-0.39, 0.29) is 24.4 Å². The summed E-state index contributed by atoms with van der Waals surface area (Å²) in [4.78, 5) is 26.3. The molecule has 1 aromatic heterocycles. The van der Waals surface area contributed by atoms with Crippen LogP contribution in [0.5, 0.6) is 5.75 Å². The van der Waals surface area contributed by atoms with E-state index in [2.05, 4.69) is 72.5 Å². The van der Waals surface area contributed by atoms with Crippen molar-refractivity contribution in [2.75, 3.05) is 26.2 Å². The molecule has 2 atom stereocenters. The van der Waals surface area contributed by atoms with Crippen molar-refractivity contribution in [3.05, 3.63) is 64.0 Å². The van der Waals surface area contributed by atoms with Crippen LogP contribution in [0.2, 0.25) is 0 Å². The molecular formula is C31H50N4O3S. The lowest BCUT2D eigenvalue weighted by Gasteiger charge is -2.21. The van der Waals surface area contributed by atoms with Crippen LogP contribution >= 0.6 is 11.3 Å². The normalized spacial score (nSPS) is 20.1. The minimum atomic E-state index is -0.508. The number of nitrogens with one attached hydrogen (secondary N) is 4. The summed E-state index contributed by atoms with van der Waals surface area (Å²) in [5, 5.41) is 14.5. The number of ether oxygens (including phenoxy) is 1. The number of hydrogen-bond acceptors (Lipinski definition) is 6. The number of carbonyl (C=O) groups is 2. The average molecular weight is 559 g/mol. The molecule has 0 spiro atoms. The first-order valence-electron chi connectivity index (χ1n) is 14.2. The molecule has 0 bridgehead atoms. The van der Waals surface area contributed by atoms with E-state index in [0.717, 1.165) is 36.3 Å². The van der Waals surface area contributed by atoms with E-state index < -0.39 is 6.04 Å². The minimum absolute atomic E-state index is 0.127. The van der Waals surface area contributed by atoms with Crippen LogP contribution < -0.4 is 26.0 Å². The number of hydrogen-bond donors (Lipinski definition) is 4. The zero-order valence-corrected chi connectivity index (χ0v) is 25.6. The molecule has 0 saturated heterocycles. The molecule has 0 aliphatic carbocycles. The molecular weight excluding hydrogens is 508 g/mol. The molecule has 0 saturated carbocycles. The highest BCUT2D eigenvalue weighted by Crippen LogP contribution is 2.19. The minimum Gasteiger partial charge on any atom is -0.492 e. The van der Waals surface area contributed by atoms with Crippen molar-refractivity contribution in [2.24, 2.45) is 0 Å². The Morgan fingerprint density at radius 1 is 1.05 bits per heavy atom. The molecule has 0 radical (unpaired) electrons. The fraction of sp³-hybridized carbons (Fsp3) is 0.548. The van der Waals surface area contributed by atoms with Crippen LogP contribution in [0.25, 0.3) is 0 Å². The molecule has 1 aromatic carbocycles. The number of rotatable bonds is 2. The number of benzene rings is 1. The maximum atomic E-state index is 12.6. The first-order chi connectivity index (χ1) is 18.8. The van der Waals surface area contributed by atoms with E-state index in [0.29, 0.717) is 26.1 Å². The Hall–Kier alpha value is -2.84. The van der Waals surface area contributed by atoms with Crippen molar-refractivity contribution in [3.63, 3.8) is 0 Å². The van der Waals surface area contributed by atoms with Crippen LogP contribution in [0.1, 0.15) is 70.7 Å². The van der Waals surface area contributed by atoms with E-state index >= 15 is 0 Å². The molecule has 4 N–H and O–H groups in total. The largest absolute Gasteiger partial charge is 0.492 e. The van der Waals surface area contributed by atoms with E-state index in [4.69, 9.17) is 4.74 Å². The van der Waals surface area contributed by atoms with Crippen LogP contribution in [-0.2, 0) is 16.0 Å². The van der Waals surface area contributed by atoms with Gasteiger partial charge in [0.2, 0.25) is 11.8 Å². The Bertz CT molecular complexity index is 963. The van der Waals surface area contributed by atoms with Crippen LogP contribution in [-0.4, -0.2) is 50.1 Å². The van der Waals surface area contributed by atoms with Crippen LogP contribution in [0, 0.1) is 6.92 Å². The van der Waals surface area contributed by atoms with Crippen molar-refractivity contribution in [1.82, 2.24) is 21.3 Å². The summed E-state index contributed by atoms with van der Waals surface area (Å²) in [5.74, 6) is 0.575. The molecule has 39 heavy (non-hydrogen) atoms. The van der Waals surface area contributed by atoms with Crippen molar-refractivity contribution in [2.45, 2.75) is 85.7 Å².